The number of urea groups is 1. The summed E-state index contributed by atoms with van der Waals surface area (Å²) in [6.07, 6.45) is 0.989. The molecule has 1 aliphatic carbocycles. The number of nitrogens with one attached hydrogen (secondary N) is 1. The summed E-state index contributed by atoms with van der Waals surface area (Å²) in [5.74, 6) is 0.418. The fourth-order valence-electron chi connectivity index (χ4n) is 3.64. The fraction of sp³-hybridized carbons (Fsp3) is 0.350. The van der Waals surface area contributed by atoms with Crippen LogP contribution in [0.5, 0.6) is 0 Å². The monoisotopic (exact) mass is 366 g/mol. The van der Waals surface area contributed by atoms with Gasteiger partial charge in [-0.2, -0.15) is 0 Å². The molecule has 1 saturated carbocycles. The number of amides is 2. The number of nitro groups is 1. The Morgan fingerprint density at radius 2 is 1.78 bits per heavy atom. The maximum absolute atomic E-state index is 12.5. The number of nitro benzene ring substituents is 1. The van der Waals surface area contributed by atoms with Crippen LogP contribution in [0.15, 0.2) is 54.6 Å². The van der Waals surface area contributed by atoms with E-state index in [0.29, 0.717) is 32.1 Å². The fourth-order valence-corrected chi connectivity index (χ4v) is 3.64. The molecule has 27 heavy (non-hydrogen) atoms. The van der Waals surface area contributed by atoms with E-state index in [-0.39, 0.29) is 22.7 Å². The molecule has 0 aromatic heterocycles. The SMILES string of the molecule is O=C(N[C@H]1C[C@@H]1c1ccccc1)N1CCN(c2cccc([N+](=O)[O-])c2)CC1. The van der Waals surface area contributed by atoms with E-state index in [1.54, 1.807) is 12.1 Å². The predicted molar refractivity (Wildman–Crippen MR) is 103 cm³/mol. The number of hydrogen-bond donors (Lipinski definition) is 1. The van der Waals surface area contributed by atoms with Crippen molar-refractivity contribution in [2.24, 2.45) is 0 Å². The van der Waals surface area contributed by atoms with Crippen LogP contribution >= 0.6 is 0 Å². The Bertz CT molecular complexity index is 834. The Morgan fingerprint density at radius 3 is 2.48 bits per heavy atom. The van der Waals surface area contributed by atoms with Crippen molar-refractivity contribution in [3.05, 3.63) is 70.3 Å². The van der Waals surface area contributed by atoms with Gasteiger partial charge in [0.25, 0.3) is 5.69 Å². The van der Waals surface area contributed by atoms with Gasteiger partial charge in [-0.25, -0.2) is 4.79 Å². The second-order valence-electron chi connectivity index (χ2n) is 7.06. The summed E-state index contributed by atoms with van der Waals surface area (Å²) >= 11 is 0. The van der Waals surface area contributed by atoms with Crippen molar-refractivity contribution in [3.8, 4) is 0 Å². The third kappa shape index (κ3) is 3.86. The van der Waals surface area contributed by atoms with E-state index in [1.165, 1.54) is 11.6 Å². The molecule has 4 rings (SSSR count). The summed E-state index contributed by atoms with van der Waals surface area (Å²) in [6, 6.07) is 17.1. The highest BCUT2D eigenvalue weighted by molar-refractivity contribution is 5.75. The van der Waals surface area contributed by atoms with Gasteiger partial charge in [-0.15, -0.1) is 0 Å². The zero-order chi connectivity index (χ0) is 18.8. The maximum Gasteiger partial charge on any atom is 0.317 e. The lowest BCUT2D eigenvalue weighted by Gasteiger charge is -2.36. The first-order valence-electron chi connectivity index (χ1n) is 9.21. The molecule has 0 bridgehead atoms. The number of rotatable bonds is 4. The Balaban J connectivity index is 1.29. The van der Waals surface area contributed by atoms with E-state index in [9.17, 15) is 14.9 Å². The summed E-state index contributed by atoms with van der Waals surface area (Å²) < 4.78 is 0. The van der Waals surface area contributed by atoms with Gasteiger partial charge in [-0.05, 0) is 18.1 Å². The molecule has 1 aliphatic heterocycles. The molecule has 7 nitrogen and oxygen atoms in total. The van der Waals surface area contributed by atoms with E-state index >= 15 is 0 Å². The van der Waals surface area contributed by atoms with Crippen LogP contribution in [0.1, 0.15) is 17.9 Å². The predicted octanol–water partition coefficient (Wildman–Crippen LogP) is 2.98. The van der Waals surface area contributed by atoms with Gasteiger partial charge in [-0.1, -0.05) is 36.4 Å². The van der Waals surface area contributed by atoms with Gasteiger partial charge in [0.15, 0.2) is 0 Å². The smallest absolute Gasteiger partial charge is 0.317 e. The first kappa shape index (κ1) is 17.3. The van der Waals surface area contributed by atoms with Crippen LogP contribution in [0, 0.1) is 10.1 Å². The summed E-state index contributed by atoms with van der Waals surface area (Å²) in [5.41, 5.74) is 2.20. The molecule has 0 unspecified atom stereocenters. The molecule has 1 heterocycles. The van der Waals surface area contributed by atoms with Crippen molar-refractivity contribution in [2.45, 2.75) is 18.4 Å². The van der Waals surface area contributed by atoms with Crippen LogP contribution in [0.3, 0.4) is 0 Å². The van der Waals surface area contributed by atoms with Gasteiger partial charge in [0, 0.05) is 56.0 Å². The minimum absolute atomic E-state index is 0.0166. The van der Waals surface area contributed by atoms with Gasteiger partial charge in [0.1, 0.15) is 0 Å². The average molecular weight is 366 g/mol. The number of benzene rings is 2. The highest BCUT2D eigenvalue weighted by atomic mass is 16.6. The van der Waals surface area contributed by atoms with Gasteiger partial charge in [0.2, 0.25) is 0 Å². The Kier molecular flexibility index (Phi) is 4.66. The van der Waals surface area contributed by atoms with E-state index in [1.807, 2.05) is 29.2 Å². The molecule has 2 aromatic carbocycles. The quantitative estimate of drug-likeness (QED) is 0.666. The van der Waals surface area contributed by atoms with Crippen LogP contribution in [-0.4, -0.2) is 48.1 Å². The number of nitrogens with zero attached hydrogens (tertiary/aromatic N) is 3. The lowest BCUT2D eigenvalue weighted by Crippen LogP contribution is -2.52. The van der Waals surface area contributed by atoms with Crippen molar-refractivity contribution in [2.75, 3.05) is 31.1 Å². The summed E-state index contributed by atoms with van der Waals surface area (Å²) in [4.78, 5) is 27.0. The molecule has 0 spiro atoms. The number of piperazine rings is 1. The second kappa shape index (κ2) is 7.26. The van der Waals surface area contributed by atoms with Gasteiger partial charge in [-0.3, -0.25) is 10.1 Å². The summed E-state index contributed by atoms with van der Waals surface area (Å²) in [6.45, 7) is 2.55. The molecule has 140 valence electrons. The molecule has 2 fully saturated rings. The maximum atomic E-state index is 12.5. The molecule has 2 atom stereocenters. The average Bonchev–Trinajstić information content (AvgIpc) is 3.48. The topological polar surface area (TPSA) is 78.7 Å². The molecule has 2 aliphatic rings. The molecule has 0 radical (unpaired) electrons. The first-order valence-corrected chi connectivity index (χ1v) is 9.21. The number of carbonyl (C=O) groups excluding carboxylic acids is 1. The van der Waals surface area contributed by atoms with Crippen LogP contribution in [0.25, 0.3) is 0 Å². The molecular formula is C20H22N4O3. The highest BCUT2D eigenvalue weighted by Gasteiger charge is 2.40. The lowest BCUT2D eigenvalue weighted by molar-refractivity contribution is -0.384. The third-order valence-corrected chi connectivity index (χ3v) is 5.30. The normalized spacial score (nSPS) is 21.6. The standard InChI is InChI=1S/C20H22N4O3/c25-20(21-19-14-18(19)15-5-2-1-3-6-15)23-11-9-22(10-12-23)16-7-4-8-17(13-16)24(26)27/h1-8,13,18-19H,9-12,14H2,(H,21,25)/t18-,19+/m1/s1. The van der Waals surface area contributed by atoms with E-state index in [4.69, 9.17) is 0 Å². The molecule has 1 N–H and O–H groups in total. The lowest BCUT2D eigenvalue weighted by atomic mass is 10.1. The van der Waals surface area contributed by atoms with Crippen LogP contribution in [-0.2, 0) is 0 Å². The molecular weight excluding hydrogens is 344 g/mol. The highest BCUT2D eigenvalue weighted by Crippen LogP contribution is 2.40. The van der Waals surface area contributed by atoms with Crippen LogP contribution < -0.4 is 10.2 Å². The van der Waals surface area contributed by atoms with E-state index in [0.717, 1.165) is 12.1 Å². The molecule has 2 amide bonds. The largest absolute Gasteiger partial charge is 0.368 e. The molecule has 2 aromatic rings. The van der Waals surface area contributed by atoms with Crippen LogP contribution in [0.4, 0.5) is 16.2 Å². The van der Waals surface area contributed by atoms with Crippen molar-refractivity contribution >= 4 is 17.4 Å². The summed E-state index contributed by atoms with van der Waals surface area (Å²) in [5, 5.41) is 14.1. The number of non-ortho nitro benzene ring substituents is 1. The van der Waals surface area contributed by atoms with Gasteiger partial charge >= 0.3 is 6.03 Å². The minimum Gasteiger partial charge on any atom is -0.368 e. The van der Waals surface area contributed by atoms with E-state index < -0.39 is 0 Å². The van der Waals surface area contributed by atoms with Crippen molar-refractivity contribution in [1.29, 1.82) is 0 Å². The van der Waals surface area contributed by atoms with Crippen molar-refractivity contribution in [1.82, 2.24) is 10.2 Å². The van der Waals surface area contributed by atoms with Crippen molar-refractivity contribution < 1.29 is 9.72 Å². The second-order valence-corrected chi connectivity index (χ2v) is 7.06. The van der Waals surface area contributed by atoms with E-state index in [2.05, 4.69) is 22.3 Å². The third-order valence-electron chi connectivity index (χ3n) is 5.30. The number of hydrogen-bond acceptors (Lipinski definition) is 4. The zero-order valence-electron chi connectivity index (χ0n) is 15.0. The van der Waals surface area contributed by atoms with Gasteiger partial charge < -0.3 is 15.1 Å². The van der Waals surface area contributed by atoms with Crippen LogP contribution in [0.2, 0.25) is 0 Å². The zero-order valence-corrected chi connectivity index (χ0v) is 15.0. The van der Waals surface area contributed by atoms with Crippen molar-refractivity contribution in [3.63, 3.8) is 0 Å². The van der Waals surface area contributed by atoms with Gasteiger partial charge in [0.05, 0.1) is 4.92 Å². The summed E-state index contributed by atoms with van der Waals surface area (Å²) in [7, 11) is 0. The number of anilines is 1. The Labute approximate surface area is 157 Å². The Hall–Kier alpha value is -3.09. The number of carbonyl (C=O) groups is 1. The molecule has 1 saturated heterocycles. The minimum atomic E-state index is -0.383. The molecule has 7 heteroatoms. The Morgan fingerprint density at radius 1 is 1.04 bits per heavy atom. The first-order chi connectivity index (χ1) is 13.1.